The molecule has 0 spiro atoms. The van der Waals surface area contributed by atoms with Crippen molar-refractivity contribution >= 4 is 25.6 Å². The van der Waals surface area contributed by atoms with Gasteiger partial charge in [-0.25, -0.2) is 16.8 Å². The molecule has 2 heterocycles. The van der Waals surface area contributed by atoms with E-state index in [9.17, 15) is 16.8 Å². The molecule has 24 heavy (non-hydrogen) atoms. The first-order valence-corrected chi connectivity index (χ1v) is 12.0. The normalized spacial score (nSPS) is 31.8. The average Bonchev–Trinajstić information content (AvgIpc) is 3.21. The van der Waals surface area contributed by atoms with E-state index in [1.165, 1.54) is 0 Å². The maximum atomic E-state index is 12.2. The van der Waals surface area contributed by atoms with Crippen LogP contribution >= 0.6 is 0 Å². The van der Waals surface area contributed by atoms with Gasteiger partial charge in [0.15, 0.2) is 25.6 Å². The molecule has 0 radical (unpaired) electrons. The zero-order valence-corrected chi connectivity index (χ0v) is 16.0. The molecular weight excluding hydrogens is 350 g/mol. The van der Waals surface area contributed by atoms with Crippen LogP contribution in [0.2, 0.25) is 0 Å². The van der Waals surface area contributed by atoms with Gasteiger partial charge in [-0.05, 0) is 39.0 Å². The summed E-state index contributed by atoms with van der Waals surface area (Å²) in [5.41, 5.74) is 0. The van der Waals surface area contributed by atoms with Gasteiger partial charge in [0, 0.05) is 25.7 Å². The van der Waals surface area contributed by atoms with Crippen LogP contribution in [0, 0.1) is 5.92 Å². The molecule has 2 aliphatic heterocycles. The summed E-state index contributed by atoms with van der Waals surface area (Å²) in [7, 11) is -5.99. The molecule has 1 saturated carbocycles. The van der Waals surface area contributed by atoms with Crippen molar-refractivity contribution in [2.24, 2.45) is 10.9 Å². The van der Waals surface area contributed by atoms with Crippen LogP contribution in [0.1, 0.15) is 33.1 Å². The summed E-state index contributed by atoms with van der Waals surface area (Å²) >= 11 is 0. The van der Waals surface area contributed by atoms with Crippen molar-refractivity contribution in [2.75, 3.05) is 36.9 Å². The van der Waals surface area contributed by atoms with Crippen LogP contribution in [0.25, 0.3) is 0 Å². The lowest BCUT2D eigenvalue weighted by Crippen LogP contribution is -2.57. The van der Waals surface area contributed by atoms with Crippen molar-refractivity contribution in [1.82, 2.24) is 10.2 Å². The second-order valence-corrected chi connectivity index (χ2v) is 12.8. The molecule has 0 bridgehead atoms. The van der Waals surface area contributed by atoms with Gasteiger partial charge in [-0.3, -0.25) is 4.99 Å². The molecule has 3 fully saturated rings. The van der Waals surface area contributed by atoms with Crippen molar-refractivity contribution in [3.05, 3.63) is 0 Å². The molecule has 1 unspecified atom stereocenters. The second-order valence-electron chi connectivity index (χ2n) is 7.85. The van der Waals surface area contributed by atoms with Crippen LogP contribution in [-0.2, 0) is 19.7 Å². The molecule has 0 aromatic rings. The number of hydrogen-bond acceptors (Lipinski definition) is 5. The van der Waals surface area contributed by atoms with Gasteiger partial charge in [-0.1, -0.05) is 0 Å². The van der Waals surface area contributed by atoms with E-state index in [0.717, 1.165) is 18.8 Å². The van der Waals surface area contributed by atoms with Crippen LogP contribution in [-0.4, -0.2) is 75.4 Å². The van der Waals surface area contributed by atoms with Crippen LogP contribution in [0.15, 0.2) is 4.99 Å². The Balaban J connectivity index is 1.71. The third-order valence-electron chi connectivity index (χ3n) is 5.08. The minimum Gasteiger partial charge on any atom is -0.354 e. The molecule has 0 aromatic carbocycles. The maximum absolute atomic E-state index is 12.2. The number of guanidine groups is 1. The molecule has 1 aliphatic carbocycles. The number of nitrogens with one attached hydrogen (secondary N) is 1. The van der Waals surface area contributed by atoms with Crippen molar-refractivity contribution < 1.29 is 16.8 Å². The third kappa shape index (κ3) is 4.04. The number of rotatable bonds is 3. The lowest BCUT2D eigenvalue weighted by Gasteiger charge is -2.39. The van der Waals surface area contributed by atoms with E-state index in [-0.39, 0.29) is 23.2 Å². The first-order chi connectivity index (χ1) is 11.1. The summed E-state index contributed by atoms with van der Waals surface area (Å²) in [6.45, 7) is 4.85. The quantitative estimate of drug-likeness (QED) is 0.551. The lowest BCUT2D eigenvalue weighted by atomic mass is 10.1. The summed E-state index contributed by atoms with van der Waals surface area (Å²) in [4.78, 5) is 6.68. The zero-order valence-electron chi connectivity index (χ0n) is 14.4. The monoisotopic (exact) mass is 377 g/mol. The molecular formula is C15H27N3O4S2. The van der Waals surface area contributed by atoms with E-state index in [1.807, 2.05) is 4.90 Å². The first kappa shape index (κ1) is 18.0. The molecule has 3 aliphatic rings. The van der Waals surface area contributed by atoms with E-state index < -0.39 is 24.4 Å². The Kier molecular flexibility index (Phi) is 4.61. The van der Waals surface area contributed by atoms with Gasteiger partial charge in [0.2, 0.25) is 0 Å². The molecule has 3 rings (SSSR count). The molecule has 1 N–H and O–H groups in total. The number of hydrogen-bond donors (Lipinski definition) is 1. The van der Waals surface area contributed by atoms with Crippen molar-refractivity contribution in [3.8, 4) is 0 Å². The highest BCUT2D eigenvalue weighted by molar-refractivity contribution is 7.92. The predicted octanol–water partition coefficient (Wildman–Crippen LogP) is 0.0381. The van der Waals surface area contributed by atoms with E-state index in [0.29, 0.717) is 32.1 Å². The lowest BCUT2D eigenvalue weighted by molar-refractivity contribution is 0.351. The molecule has 138 valence electrons. The summed E-state index contributed by atoms with van der Waals surface area (Å²) in [6, 6.07) is 0.415. The Bertz CT molecular complexity index is 724. The SMILES string of the molecule is CC1(C)CN(C(=NCC2CCS(=O)(=O)C2)NC2CC2)CCS1(=O)=O. The fourth-order valence-electron chi connectivity index (χ4n) is 3.20. The molecule has 9 heteroatoms. The Labute approximate surface area is 144 Å². The van der Waals surface area contributed by atoms with E-state index in [4.69, 9.17) is 0 Å². The number of aliphatic imine (C=N–C) groups is 1. The zero-order chi connectivity index (χ0) is 17.6. The van der Waals surface area contributed by atoms with Crippen molar-refractivity contribution in [1.29, 1.82) is 0 Å². The van der Waals surface area contributed by atoms with Crippen molar-refractivity contribution in [3.63, 3.8) is 0 Å². The third-order valence-corrected chi connectivity index (χ3v) is 9.45. The summed E-state index contributed by atoms with van der Waals surface area (Å²) in [5.74, 6) is 1.42. The van der Waals surface area contributed by atoms with E-state index in [1.54, 1.807) is 13.8 Å². The topological polar surface area (TPSA) is 95.9 Å². The fourth-order valence-corrected chi connectivity index (χ4v) is 6.42. The van der Waals surface area contributed by atoms with Gasteiger partial charge in [0.25, 0.3) is 0 Å². The molecule has 7 nitrogen and oxygen atoms in total. The highest BCUT2D eigenvalue weighted by Crippen LogP contribution is 2.26. The Hall–Kier alpha value is -0.830. The minimum absolute atomic E-state index is 0.0764. The summed E-state index contributed by atoms with van der Waals surface area (Å²) in [6.07, 6.45) is 2.88. The molecule has 0 amide bonds. The summed E-state index contributed by atoms with van der Waals surface area (Å²) < 4.78 is 46.8. The van der Waals surface area contributed by atoms with Gasteiger partial charge < -0.3 is 10.2 Å². The molecule has 0 aromatic heterocycles. The second kappa shape index (κ2) is 6.16. The van der Waals surface area contributed by atoms with Gasteiger partial charge in [0.05, 0.1) is 22.0 Å². The first-order valence-electron chi connectivity index (χ1n) is 8.57. The van der Waals surface area contributed by atoms with Gasteiger partial charge >= 0.3 is 0 Å². The van der Waals surface area contributed by atoms with Crippen LogP contribution in [0.4, 0.5) is 0 Å². The smallest absolute Gasteiger partial charge is 0.194 e. The van der Waals surface area contributed by atoms with Gasteiger partial charge in [-0.2, -0.15) is 0 Å². The maximum Gasteiger partial charge on any atom is 0.194 e. The van der Waals surface area contributed by atoms with Crippen molar-refractivity contribution in [2.45, 2.75) is 43.9 Å². The van der Waals surface area contributed by atoms with Gasteiger partial charge in [0.1, 0.15) is 0 Å². The molecule has 2 saturated heterocycles. The van der Waals surface area contributed by atoms with Crippen LogP contribution in [0.3, 0.4) is 0 Å². The molecule has 1 atom stereocenters. The number of sulfone groups is 2. The average molecular weight is 378 g/mol. The highest BCUT2D eigenvalue weighted by Gasteiger charge is 2.41. The largest absolute Gasteiger partial charge is 0.354 e. The fraction of sp³-hybridized carbons (Fsp3) is 0.933. The van der Waals surface area contributed by atoms with E-state index in [2.05, 4.69) is 10.3 Å². The standard InChI is InChI=1S/C15H27N3O4S2/c1-15(2)11-18(6-8-24(15,21)22)14(17-13-3-4-13)16-9-12-5-7-23(19,20)10-12/h12-13H,3-11H2,1-2H3,(H,16,17). The Morgan fingerprint density at radius 1 is 1.17 bits per heavy atom. The number of nitrogens with zero attached hydrogens (tertiary/aromatic N) is 2. The van der Waals surface area contributed by atoms with Crippen LogP contribution < -0.4 is 5.32 Å². The highest BCUT2D eigenvalue weighted by atomic mass is 32.2. The van der Waals surface area contributed by atoms with Crippen LogP contribution in [0.5, 0.6) is 0 Å². The Morgan fingerprint density at radius 3 is 2.42 bits per heavy atom. The summed E-state index contributed by atoms with van der Waals surface area (Å²) in [5, 5.41) is 3.40. The minimum atomic E-state index is -3.09. The van der Waals surface area contributed by atoms with Gasteiger partial charge in [-0.15, -0.1) is 0 Å². The Morgan fingerprint density at radius 2 is 1.88 bits per heavy atom. The predicted molar refractivity (Wildman–Crippen MR) is 94.7 cm³/mol. The van der Waals surface area contributed by atoms with E-state index >= 15 is 0 Å².